The molecule has 0 bridgehead atoms. The molecule has 5 heteroatoms. The molecule has 0 spiro atoms. The summed E-state index contributed by atoms with van der Waals surface area (Å²) >= 11 is 0. The van der Waals surface area contributed by atoms with Gasteiger partial charge in [-0.25, -0.2) is 0 Å². The van der Waals surface area contributed by atoms with E-state index in [0.717, 1.165) is 12.8 Å². The van der Waals surface area contributed by atoms with E-state index in [9.17, 15) is 14.7 Å². The van der Waals surface area contributed by atoms with Crippen LogP contribution in [0.15, 0.2) is 23.0 Å². The fourth-order valence-electron chi connectivity index (χ4n) is 2.60. The summed E-state index contributed by atoms with van der Waals surface area (Å²) in [5.41, 5.74) is -0.260. The molecule has 98 valence electrons. The first-order valence-corrected chi connectivity index (χ1v) is 6.10. The predicted octanol–water partition coefficient (Wildman–Crippen LogP) is 2.04. The zero-order chi connectivity index (χ0) is 13.2. The molecule has 2 N–H and O–H groups in total. The lowest BCUT2D eigenvalue weighted by atomic mass is 9.74. The number of aliphatic carboxylic acids is 1. The second-order valence-electron chi connectivity index (χ2n) is 5.02. The van der Waals surface area contributed by atoms with Crippen molar-refractivity contribution in [1.29, 1.82) is 0 Å². The van der Waals surface area contributed by atoms with Crippen LogP contribution < -0.4 is 5.32 Å². The van der Waals surface area contributed by atoms with E-state index in [0.29, 0.717) is 18.4 Å². The van der Waals surface area contributed by atoms with Crippen molar-refractivity contribution in [2.45, 2.75) is 38.1 Å². The molecule has 1 fully saturated rings. The maximum Gasteiger partial charge on any atom is 0.308 e. The standard InChI is InChI=1S/C13H17NO4/c1-13(6-3-2-4-10(13)12(16)17)14-11(15)9-5-7-18-8-9/h5,7-8,10H,2-4,6H2,1H3,(H,14,15)(H,16,17). The van der Waals surface area contributed by atoms with Crippen LogP contribution in [0, 0.1) is 5.92 Å². The monoisotopic (exact) mass is 251 g/mol. The highest BCUT2D eigenvalue weighted by Crippen LogP contribution is 2.34. The van der Waals surface area contributed by atoms with Crippen LogP contribution in [0.25, 0.3) is 0 Å². The van der Waals surface area contributed by atoms with E-state index >= 15 is 0 Å². The maximum absolute atomic E-state index is 12.0. The van der Waals surface area contributed by atoms with Crippen LogP contribution in [0.1, 0.15) is 43.0 Å². The highest BCUT2D eigenvalue weighted by atomic mass is 16.4. The molecule has 2 atom stereocenters. The van der Waals surface area contributed by atoms with Crippen molar-refractivity contribution in [3.8, 4) is 0 Å². The zero-order valence-corrected chi connectivity index (χ0v) is 10.3. The summed E-state index contributed by atoms with van der Waals surface area (Å²) < 4.78 is 4.85. The number of carbonyl (C=O) groups excluding carboxylic acids is 1. The smallest absolute Gasteiger partial charge is 0.308 e. The van der Waals surface area contributed by atoms with Crippen LogP contribution >= 0.6 is 0 Å². The molecule has 1 aliphatic rings. The molecular weight excluding hydrogens is 234 g/mol. The Bertz CT molecular complexity index is 440. The average Bonchev–Trinajstić information content (AvgIpc) is 2.81. The van der Waals surface area contributed by atoms with Gasteiger partial charge in [-0.15, -0.1) is 0 Å². The van der Waals surface area contributed by atoms with Crippen molar-refractivity contribution in [3.63, 3.8) is 0 Å². The Labute approximate surface area is 105 Å². The SMILES string of the molecule is CC1(NC(=O)c2ccoc2)CCCCC1C(=O)O. The summed E-state index contributed by atoms with van der Waals surface area (Å²) in [4.78, 5) is 23.3. The van der Waals surface area contributed by atoms with Gasteiger partial charge in [0.25, 0.3) is 5.91 Å². The van der Waals surface area contributed by atoms with Gasteiger partial charge in [-0.2, -0.15) is 0 Å². The number of rotatable bonds is 3. The van der Waals surface area contributed by atoms with Crippen LogP contribution in [0.2, 0.25) is 0 Å². The molecular formula is C13H17NO4. The summed E-state index contributed by atoms with van der Waals surface area (Å²) in [5.74, 6) is -1.65. The Kier molecular flexibility index (Phi) is 3.41. The van der Waals surface area contributed by atoms with Crippen molar-refractivity contribution >= 4 is 11.9 Å². The van der Waals surface area contributed by atoms with Crippen molar-refractivity contribution in [3.05, 3.63) is 24.2 Å². The van der Waals surface area contributed by atoms with E-state index in [2.05, 4.69) is 5.32 Å². The van der Waals surface area contributed by atoms with Gasteiger partial charge in [0.15, 0.2) is 0 Å². The molecule has 2 unspecified atom stereocenters. The lowest BCUT2D eigenvalue weighted by Gasteiger charge is -2.39. The van der Waals surface area contributed by atoms with Gasteiger partial charge < -0.3 is 14.8 Å². The van der Waals surface area contributed by atoms with Crippen LogP contribution in [-0.4, -0.2) is 22.5 Å². The fraction of sp³-hybridized carbons (Fsp3) is 0.538. The van der Waals surface area contributed by atoms with Crippen molar-refractivity contribution in [1.82, 2.24) is 5.32 Å². The lowest BCUT2D eigenvalue weighted by Crippen LogP contribution is -2.55. The minimum atomic E-state index is -0.843. The van der Waals surface area contributed by atoms with Gasteiger partial charge in [0, 0.05) is 0 Å². The molecule has 2 rings (SSSR count). The van der Waals surface area contributed by atoms with E-state index in [4.69, 9.17) is 4.42 Å². The quantitative estimate of drug-likeness (QED) is 0.861. The average molecular weight is 251 g/mol. The number of furan rings is 1. The number of carbonyl (C=O) groups is 2. The molecule has 0 aromatic carbocycles. The molecule has 0 radical (unpaired) electrons. The summed E-state index contributed by atoms with van der Waals surface area (Å²) in [6, 6.07) is 1.57. The molecule has 1 amide bonds. The Morgan fingerprint density at radius 2 is 2.28 bits per heavy atom. The highest BCUT2D eigenvalue weighted by Gasteiger charge is 2.42. The molecule has 0 aliphatic heterocycles. The normalized spacial score (nSPS) is 27.7. The zero-order valence-electron chi connectivity index (χ0n) is 10.3. The number of carboxylic acids is 1. The summed E-state index contributed by atoms with van der Waals surface area (Å²) in [6.45, 7) is 1.81. The summed E-state index contributed by atoms with van der Waals surface area (Å²) in [6.07, 6.45) is 5.91. The van der Waals surface area contributed by atoms with Crippen molar-refractivity contribution in [2.75, 3.05) is 0 Å². The van der Waals surface area contributed by atoms with Gasteiger partial charge >= 0.3 is 5.97 Å². The van der Waals surface area contributed by atoms with Crippen molar-refractivity contribution in [2.24, 2.45) is 5.92 Å². The van der Waals surface area contributed by atoms with Gasteiger partial charge in [0.05, 0.1) is 23.3 Å². The molecule has 1 saturated carbocycles. The molecule has 1 aromatic heterocycles. The maximum atomic E-state index is 12.0. The first-order valence-electron chi connectivity index (χ1n) is 6.10. The summed E-state index contributed by atoms with van der Waals surface area (Å²) in [7, 11) is 0. The lowest BCUT2D eigenvalue weighted by molar-refractivity contribution is -0.145. The van der Waals surface area contributed by atoms with E-state index < -0.39 is 17.4 Å². The van der Waals surface area contributed by atoms with E-state index in [1.165, 1.54) is 12.5 Å². The number of amides is 1. The topological polar surface area (TPSA) is 79.5 Å². The number of carboxylic acid groups (broad SMARTS) is 1. The van der Waals surface area contributed by atoms with Crippen LogP contribution in [0.4, 0.5) is 0 Å². The largest absolute Gasteiger partial charge is 0.481 e. The van der Waals surface area contributed by atoms with E-state index in [1.807, 2.05) is 6.92 Å². The van der Waals surface area contributed by atoms with Gasteiger partial charge in [-0.1, -0.05) is 12.8 Å². The Morgan fingerprint density at radius 3 is 2.89 bits per heavy atom. The Morgan fingerprint density at radius 1 is 1.50 bits per heavy atom. The highest BCUT2D eigenvalue weighted by molar-refractivity contribution is 5.94. The third kappa shape index (κ3) is 2.39. The van der Waals surface area contributed by atoms with Crippen LogP contribution in [0.3, 0.4) is 0 Å². The minimum Gasteiger partial charge on any atom is -0.481 e. The number of hydrogen-bond acceptors (Lipinski definition) is 3. The predicted molar refractivity (Wildman–Crippen MR) is 64.2 cm³/mol. The van der Waals surface area contributed by atoms with Gasteiger partial charge in [0.2, 0.25) is 0 Å². The fourth-order valence-corrected chi connectivity index (χ4v) is 2.60. The molecule has 1 aliphatic carbocycles. The van der Waals surface area contributed by atoms with Gasteiger partial charge in [-0.3, -0.25) is 9.59 Å². The molecule has 5 nitrogen and oxygen atoms in total. The molecule has 1 aromatic rings. The van der Waals surface area contributed by atoms with E-state index in [1.54, 1.807) is 6.07 Å². The first kappa shape index (κ1) is 12.7. The molecule has 1 heterocycles. The number of nitrogens with one attached hydrogen (secondary N) is 1. The van der Waals surface area contributed by atoms with Gasteiger partial charge in [-0.05, 0) is 25.8 Å². The van der Waals surface area contributed by atoms with Crippen molar-refractivity contribution < 1.29 is 19.1 Å². The number of hydrogen-bond donors (Lipinski definition) is 2. The minimum absolute atomic E-state index is 0.278. The third-order valence-electron chi connectivity index (χ3n) is 3.69. The van der Waals surface area contributed by atoms with E-state index in [-0.39, 0.29) is 5.91 Å². The van der Waals surface area contributed by atoms with Gasteiger partial charge in [0.1, 0.15) is 6.26 Å². The molecule has 18 heavy (non-hydrogen) atoms. The Hall–Kier alpha value is -1.78. The first-order chi connectivity index (χ1) is 8.53. The van der Waals surface area contributed by atoms with Crippen LogP contribution in [-0.2, 0) is 4.79 Å². The third-order valence-corrected chi connectivity index (χ3v) is 3.69. The Balaban J connectivity index is 2.14. The molecule has 0 saturated heterocycles. The van der Waals surface area contributed by atoms with Crippen LogP contribution in [0.5, 0.6) is 0 Å². The second-order valence-corrected chi connectivity index (χ2v) is 5.02. The second kappa shape index (κ2) is 4.84. The summed E-state index contributed by atoms with van der Waals surface area (Å²) in [5, 5.41) is 12.1.